The highest BCUT2D eigenvalue weighted by molar-refractivity contribution is 5.90. The molecule has 0 unspecified atom stereocenters. The van der Waals surface area contributed by atoms with E-state index in [1.54, 1.807) is 6.20 Å². The lowest BCUT2D eigenvalue weighted by molar-refractivity contribution is 0.236. The highest BCUT2D eigenvalue weighted by Gasteiger charge is 2.20. The number of ether oxygens (including phenoxy) is 1. The van der Waals surface area contributed by atoms with Crippen LogP contribution in [0.3, 0.4) is 0 Å². The van der Waals surface area contributed by atoms with E-state index < -0.39 is 0 Å². The van der Waals surface area contributed by atoms with Gasteiger partial charge < -0.3 is 9.64 Å². The third-order valence-corrected chi connectivity index (χ3v) is 5.67. The summed E-state index contributed by atoms with van der Waals surface area (Å²) in [6.07, 6.45) is 3.84. The number of aromatic amines is 1. The molecule has 0 saturated carbocycles. The van der Waals surface area contributed by atoms with Crippen molar-refractivity contribution in [3.8, 4) is 5.88 Å². The normalized spacial score (nSPS) is 15.1. The summed E-state index contributed by atoms with van der Waals surface area (Å²) in [5.41, 5.74) is 2.87. The summed E-state index contributed by atoms with van der Waals surface area (Å²) in [5, 5.41) is 8.88. The number of aromatic nitrogens is 4. The molecule has 2 aromatic carbocycles. The molecule has 1 aliphatic heterocycles. The van der Waals surface area contributed by atoms with E-state index in [0.29, 0.717) is 12.5 Å². The largest absolute Gasteiger partial charge is 0.477 e. The fourth-order valence-corrected chi connectivity index (χ4v) is 4.00. The molecule has 0 atom stereocenters. The molecule has 1 aliphatic rings. The molecule has 3 heterocycles. The van der Waals surface area contributed by atoms with Crippen LogP contribution in [0.15, 0.2) is 54.7 Å². The number of fused-ring (bicyclic) bond motifs is 2. The van der Waals surface area contributed by atoms with Crippen molar-refractivity contribution < 1.29 is 4.74 Å². The number of anilines is 1. The molecule has 0 amide bonds. The van der Waals surface area contributed by atoms with E-state index in [1.807, 2.05) is 30.3 Å². The Morgan fingerprint density at radius 1 is 0.900 bits per heavy atom. The number of nitrogens with one attached hydrogen (secondary N) is 1. The molecule has 0 radical (unpaired) electrons. The predicted octanol–water partition coefficient (Wildman–Crippen LogP) is 3.49. The first kappa shape index (κ1) is 18.8. The lowest BCUT2D eigenvalue weighted by atomic mass is 10.2. The molecule has 1 N–H and O–H groups in total. The molecule has 7 heteroatoms. The van der Waals surface area contributed by atoms with Gasteiger partial charge in [0, 0.05) is 31.6 Å². The van der Waals surface area contributed by atoms with Crippen molar-refractivity contribution in [2.24, 2.45) is 0 Å². The molecule has 7 nitrogen and oxygen atoms in total. The quantitative estimate of drug-likeness (QED) is 0.477. The maximum atomic E-state index is 5.80. The Labute approximate surface area is 175 Å². The van der Waals surface area contributed by atoms with Gasteiger partial charge in [0.15, 0.2) is 5.82 Å². The standard InChI is InChI=1S/C23H26N6O/c1-2-8-19-18(7-1)23(27-26-19)29-14-12-28(13-15-29)11-5-6-16-30-22-17-24-20-9-3-4-10-21(20)25-22/h1-4,7-10,17H,5-6,11-16H2,(H,26,27). The van der Waals surface area contributed by atoms with Gasteiger partial charge in [-0.1, -0.05) is 24.3 Å². The Hall–Kier alpha value is -3.19. The van der Waals surface area contributed by atoms with Gasteiger partial charge in [0.25, 0.3) is 0 Å². The minimum Gasteiger partial charge on any atom is -0.477 e. The van der Waals surface area contributed by atoms with Crippen LogP contribution in [-0.2, 0) is 0 Å². The topological polar surface area (TPSA) is 70.2 Å². The van der Waals surface area contributed by atoms with Crippen molar-refractivity contribution in [2.75, 3.05) is 44.2 Å². The van der Waals surface area contributed by atoms with E-state index in [1.165, 1.54) is 5.39 Å². The Balaban J connectivity index is 1.04. The first-order valence-electron chi connectivity index (χ1n) is 10.6. The van der Waals surface area contributed by atoms with Crippen molar-refractivity contribution in [1.29, 1.82) is 0 Å². The number of rotatable bonds is 7. The predicted molar refractivity (Wildman–Crippen MR) is 119 cm³/mol. The van der Waals surface area contributed by atoms with Gasteiger partial charge in [0.05, 0.1) is 29.4 Å². The molecule has 154 valence electrons. The maximum absolute atomic E-state index is 5.80. The zero-order valence-electron chi connectivity index (χ0n) is 17.0. The molecule has 0 aliphatic carbocycles. The average molecular weight is 403 g/mol. The summed E-state index contributed by atoms with van der Waals surface area (Å²) < 4.78 is 5.80. The van der Waals surface area contributed by atoms with Gasteiger partial charge in [-0.25, -0.2) is 9.97 Å². The van der Waals surface area contributed by atoms with Gasteiger partial charge in [0.2, 0.25) is 5.88 Å². The third-order valence-electron chi connectivity index (χ3n) is 5.67. The summed E-state index contributed by atoms with van der Waals surface area (Å²) in [5.74, 6) is 1.68. The van der Waals surface area contributed by atoms with Gasteiger partial charge in [-0.15, -0.1) is 0 Å². The first-order valence-corrected chi connectivity index (χ1v) is 10.6. The van der Waals surface area contributed by atoms with Gasteiger partial charge in [-0.2, -0.15) is 5.10 Å². The molecule has 4 aromatic rings. The van der Waals surface area contributed by atoms with E-state index in [-0.39, 0.29) is 0 Å². The van der Waals surface area contributed by atoms with E-state index in [9.17, 15) is 0 Å². The number of para-hydroxylation sites is 3. The van der Waals surface area contributed by atoms with Crippen molar-refractivity contribution in [3.63, 3.8) is 0 Å². The van der Waals surface area contributed by atoms with Crippen LogP contribution in [0.4, 0.5) is 5.82 Å². The van der Waals surface area contributed by atoms with Crippen molar-refractivity contribution in [3.05, 3.63) is 54.7 Å². The molecule has 0 bridgehead atoms. The SMILES string of the molecule is c1ccc2nc(OCCCCN3CCN(c4n[nH]c5ccccc45)CC3)cnc2c1. The Morgan fingerprint density at radius 3 is 2.60 bits per heavy atom. The second-order valence-electron chi connectivity index (χ2n) is 7.67. The van der Waals surface area contributed by atoms with Gasteiger partial charge in [0.1, 0.15) is 0 Å². The van der Waals surface area contributed by atoms with Gasteiger partial charge in [-0.05, 0) is 43.7 Å². The minimum atomic E-state index is 0.605. The zero-order valence-corrected chi connectivity index (χ0v) is 17.0. The maximum Gasteiger partial charge on any atom is 0.232 e. The van der Waals surface area contributed by atoms with Crippen molar-refractivity contribution >= 4 is 27.8 Å². The fraction of sp³-hybridized carbons (Fsp3) is 0.348. The Morgan fingerprint density at radius 2 is 1.70 bits per heavy atom. The summed E-state index contributed by atoms with van der Waals surface area (Å²) in [6, 6.07) is 16.2. The van der Waals surface area contributed by atoms with Gasteiger partial charge >= 0.3 is 0 Å². The van der Waals surface area contributed by atoms with Crippen LogP contribution >= 0.6 is 0 Å². The zero-order chi connectivity index (χ0) is 20.2. The van der Waals surface area contributed by atoms with Crippen LogP contribution < -0.4 is 9.64 Å². The van der Waals surface area contributed by atoms with Crippen LogP contribution in [0.5, 0.6) is 5.88 Å². The molecule has 1 fully saturated rings. The molecule has 5 rings (SSSR count). The monoisotopic (exact) mass is 402 g/mol. The smallest absolute Gasteiger partial charge is 0.232 e. The number of H-pyrrole nitrogens is 1. The Kier molecular flexibility index (Phi) is 5.44. The number of unbranched alkanes of at least 4 members (excludes halogenated alkanes) is 1. The summed E-state index contributed by atoms with van der Waals surface area (Å²) >= 11 is 0. The lowest BCUT2D eigenvalue weighted by Gasteiger charge is -2.35. The fourth-order valence-electron chi connectivity index (χ4n) is 4.00. The van der Waals surface area contributed by atoms with Crippen LogP contribution in [0.1, 0.15) is 12.8 Å². The number of piperazine rings is 1. The van der Waals surface area contributed by atoms with E-state index in [0.717, 1.165) is 67.9 Å². The van der Waals surface area contributed by atoms with Crippen LogP contribution in [-0.4, -0.2) is 64.4 Å². The molecular weight excluding hydrogens is 376 g/mol. The second-order valence-corrected chi connectivity index (χ2v) is 7.67. The highest BCUT2D eigenvalue weighted by atomic mass is 16.5. The molecule has 2 aromatic heterocycles. The number of hydrogen-bond acceptors (Lipinski definition) is 6. The second kappa shape index (κ2) is 8.67. The third kappa shape index (κ3) is 4.07. The van der Waals surface area contributed by atoms with Crippen LogP contribution in [0.2, 0.25) is 0 Å². The molecular formula is C23H26N6O. The first-order chi connectivity index (χ1) is 14.9. The summed E-state index contributed by atoms with van der Waals surface area (Å²) in [4.78, 5) is 13.8. The highest BCUT2D eigenvalue weighted by Crippen LogP contribution is 2.24. The van der Waals surface area contributed by atoms with Crippen LogP contribution in [0, 0.1) is 0 Å². The Bertz CT molecular complexity index is 1120. The van der Waals surface area contributed by atoms with E-state index in [4.69, 9.17) is 4.74 Å². The number of hydrogen-bond donors (Lipinski definition) is 1. The minimum absolute atomic E-state index is 0.605. The number of nitrogens with zero attached hydrogens (tertiary/aromatic N) is 5. The van der Waals surface area contributed by atoms with Gasteiger partial charge in [-0.3, -0.25) is 10.00 Å². The lowest BCUT2D eigenvalue weighted by Crippen LogP contribution is -2.46. The van der Waals surface area contributed by atoms with Crippen molar-refractivity contribution in [1.82, 2.24) is 25.1 Å². The molecule has 30 heavy (non-hydrogen) atoms. The van der Waals surface area contributed by atoms with E-state index >= 15 is 0 Å². The number of benzene rings is 2. The summed E-state index contributed by atoms with van der Waals surface area (Å²) in [6.45, 7) is 5.93. The average Bonchev–Trinajstić information content (AvgIpc) is 3.23. The molecule has 0 spiro atoms. The van der Waals surface area contributed by atoms with E-state index in [2.05, 4.69) is 48.2 Å². The molecule has 1 saturated heterocycles. The van der Waals surface area contributed by atoms with Crippen LogP contribution in [0.25, 0.3) is 21.9 Å². The summed E-state index contributed by atoms with van der Waals surface area (Å²) in [7, 11) is 0. The van der Waals surface area contributed by atoms with Crippen molar-refractivity contribution in [2.45, 2.75) is 12.8 Å².